The summed E-state index contributed by atoms with van der Waals surface area (Å²) < 4.78 is 0. The van der Waals surface area contributed by atoms with Crippen LogP contribution in [0.4, 0.5) is 5.69 Å². The van der Waals surface area contributed by atoms with Gasteiger partial charge in [0.15, 0.2) is 6.29 Å². The first kappa shape index (κ1) is 13.6. The second-order valence-electron chi connectivity index (χ2n) is 4.97. The Bertz CT molecular complexity index is 588. The number of carbonyl (C=O) groups is 1. The first-order chi connectivity index (χ1) is 9.76. The van der Waals surface area contributed by atoms with Gasteiger partial charge in [0.1, 0.15) is 5.69 Å². The van der Waals surface area contributed by atoms with E-state index in [1.54, 1.807) is 11.3 Å². The summed E-state index contributed by atoms with van der Waals surface area (Å²) in [7, 11) is 0. The van der Waals surface area contributed by atoms with Crippen molar-refractivity contribution < 1.29 is 4.79 Å². The monoisotopic (exact) mass is 306 g/mol. The molecular formula is C15H15ClN2OS. The van der Waals surface area contributed by atoms with Crippen LogP contribution >= 0.6 is 22.9 Å². The standard InChI is InChI=1S/C15H15ClN2OS/c16-12-1-3-14(4-2-12)18-7-5-11(6-8-18)15-17-13(9-19)10-20-15/h1-4,9-11H,5-8H2. The van der Waals surface area contributed by atoms with Crippen molar-refractivity contribution in [2.45, 2.75) is 18.8 Å². The lowest BCUT2D eigenvalue weighted by Gasteiger charge is -2.32. The highest BCUT2D eigenvalue weighted by atomic mass is 35.5. The number of piperidine rings is 1. The van der Waals surface area contributed by atoms with Crippen LogP contribution in [0.5, 0.6) is 0 Å². The molecule has 5 heteroatoms. The normalized spacial score (nSPS) is 16.4. The topological polar surface area (TPSA) is 33.2 Å². The smallest absolute Gasteiger partial charge is 0.169 e. The highest BCUT2D eigenvalue weighted by Crippen LogP contribution is 2.32. The van der Waals surface area contributed by atoms with Crippen molar-refractivity contribution in [1.29, 1.82) is 0 Å². The zero-order valence-corrected chi connectivity index (χ0v) is 12.5. The Morgan fingerprint density at radius 2 is 1.95 bits per heavy atom. The number of nitrogens with zero attached hydrogens (tertiary/aromatic N) is 2. The van der Waals surface area contributed by atoms with Crippen LogP contribution in [-0.4, -0.2) is 24.4 Å². The molecule has 1 aromatic heterocycles. The Morgan fingerprint density at radius 1 is 1.25 bits per heavy atom. The summed E-state index contributed by atoms with van der Waals surface area (Å²) >= 11 is 7.52. The number of thiazole rings is 1. The van der Waals surface area contributed by atoms with Crippen molar-refractivity contribution in [3.63, 3.8) is 0 Å². The lowest BCUT2D eigenvalue weighted by molar-refractivity contribution is 0.111. The van der Waals surface area contributed by atoms with Gasteiger partial charge in [0.05, 0.1) is 5.01 Å². The number of benzene rings is 1. The van der Waals surface area contributed by atoms with Gasteiger partial charge in [-0.15, -0.1) is 11.3 Å². The largest absolute Gasteiger partial charge is 0.371 e. The van der Waals surface area contributed by atoms with Crippen molar-refractivity contribution in [1.82, 2.24) is 4.98 Å². The van der Waals surface area contributed by atoms with Crippen LogP contribution in [0, 0.1) is 0 Å². The van der Waals surface area contributed by atoms with E-state index < -0.39 is 0 Å². The van der Waals surface area contributed by atoms with E-state index in [-0.39, 0.29) is 0 Å². The summed E-state index contributed by atoms with van der Waals surface area (Å²) in [5.74, 6) is 0.484. The van der Waals surface area contributed by atoms with E-state index >= 15 is 0 Å². The molecular weight excluding hydrogens is 292 g/mol. The predicted molar refractivity (Wildman–Crippen MR) is 83.1 cm³/mol. The van der Waals surface area contributed by atoms with Crippen LogP contribution < -0.4 is 4.90 Å². The maximum absolute atomic E-state index is 10.7. The Morgan fingerprint density at radius 3 is 2.55 bits per heavy atom. The highest BCUT2D eigenvalue weighted by Gasteiger charge is 2.23. The maximum atomic E-state index is 10.7. The third-order valence-electron chi connectivity index (χ3n) is 3.70. The minimum absolute atomic E-state index is 0.484. The predicted octanol–water partition coefficient (Wildman–Crippen LogP) is 3.99. The molecule has 1 saturated heterocycles. The third-order valence-corrected chi connectivity index (χ3v) is 4.97. The number of aromatic nitrogens is 1. The molecule has 0 spiro atoms. The zero-order valence-electron chi connectivity index (χ0n) is 11.0. The summed E-state index contributed by atoms with van der Waals surface area (Å²) in [4.78, 5) is 17.4. The van der Waals surface area contributed by atoms with E-state index in [0.29, 0.717) is 11.6 Å². The number of hydrogen-bond acceptors (Lipinski definition) is 4. The zero-order chi connectivity index (χ0) is 13.9. The van der Waals surface area contributed by atoms with Crippen molar-refractivity contribution in [3.05, 3.63) is 45.4 Å². The average Bonchev–Trinajstić information content (AvgIpc) is 2.97. The van der Waals surface area contributed by atoms with Gasteiger partial charge in [0, 0.05) is 35.1 Å². The molecule has 0 atom stereocenters. The summed E-state index contributed by atoms with van der Waals surface area (Å²) in [6.07, 6.45) is 2.98. The van der Waals surface area contributed by atoms with Gasteiger partial charge in [-0.2, -0.15) is 0 Å². The fourth-order valence-electron chi connectivity index (χ4n) is 2.58. The molecule has 104 valence electrons. The first-order valence-corrected chi connectivity index (χ1v) is 7.93. The van der Waals surface area contributed by atoms with Crippen molar-refractivity contribution in [2.75, 3.05) is 18.0 Å². The van der Waals surface area contributed by atoms with Gasteiger partial charge in [-0.3, -0.25) is 4.79 Å². The summed E-state index contributed by atoms with van der Waals surface area (Å²) in [6, 6.07) is 7.99. The molecule has 0 N–H and O–H groups in total. The van der Waals surface area contributed by atoms with Crippen molar-refractivity contribution in [2.24, 2.45) is 0 Å². The molecule has 2 heterocycles. The fraction of sp³-hybridized carbons (Fsp3) is 0.333. The molecule has 0 saturated carbocycles. The molecule has 1 aromatic carbocycles. The highest BCUT2D eigenvalue weighted by molar-refractivity contribution is 7.09. The number of hydrogen-bond donors (Lipinski definition) is 0. The maximum Gasteiger partial charge on any atom is 0.169 e. The van der Waals surface area contributed by atoms with Gasteiger partial charge in [-0.1, -0.05) is 11.6 Å². The van der Waals surface area contributed by atoms with Crippen LogP contribution in [0.1, 0.15) is 34.3 Å². The lowest BCUT2D eigenvalue weighted by Crippen LogP contribution is -2.32. The van der Waals surface area contributed by atoms with E-state index in [2.05, 4.69) is 22.0 Å². The summed E-state index contributed by atoms with van der Waals surface area (Å²) in [5.41, 5.74) is 1.78. The minimum atomic E-state index is 0.484. The number of rotatable bonds is 3. The summed E-state index contributed by atoms with van der Waals surface area (Å²) in [6.45, 7) is 2.03. The van der Waals surface area contributed by atoms with Crippen LogP contribution in [0.25, 0.3) is 0 Å². The minimum Gasteiger partial charge on any atom is -0.371 e. The molecule has 20 heavy (non-hydrogen) atoms. The fourth-order valence-corrected chi connectivity index (χ4v) is 3.64. The average molecular weight is 307 g/mol. The Balaban J connectivity index is 1.64. The quantitative estimate of drug-likeness (QED) is 0.804. The molecule has 0 amide bonds. The number of aldehydes is 1. The van der Waals surface area contributed by atoms with Crippen LogP contribution in [0.3, 0.4) is 0 Å². The third kappa shape index (κ3) is 2.86. The van der Waals surface area contributed by atoms with Crippen LogP contribution in [0.2, 0.25) is 5.02 Å². The molecule has 1 aliphatic rings. The second-order valence-corrected chi connectivity index (χ2v) is 6.29. The Kier molecular flexibility index (Phi) is 4.03. The molecule has 1 aliphatic heterocycles. The summed E-state index contributed by atoms with van der Waals surface area (Å²) in [5, 5.41) is 3.71. The number of halogens is 1. The molecule has 2 aromatic rings. The van der Waals surface area contributed by atoms with Crippen molar-refractivity contribution in [3.8, 4) is 0 Å². The number of carbonyl (C=O) groups excluding carboxylic acids is 1. The van der Waals surface area contributed by atoms with Crippen LogP contribution in [0.15, 0.2) is 29.6 Å². The van der Waals surface area contributed by atoms with Gasteiger partial charge >= 0.3 is 0 Å². The van der Waals surface area contributed by atoms with E-state index in [0.717, 1.165) is 42.2 Å². The lowest BCUT2D eigenvalue weighted by atomic mass is 9.97. The van der Waals surface area contributed by atoms with Gasteiger partial charge in [-0.25, -0.2) is 4.98 Å². The molecule has 0 unspecified atom stereocenters. The molecule has 3 rings (SSSR count). The SMILES string of the molecule is O=Cc1csc(C2CCN(c3ccc(Cl)cc3)CC2)n1. The van der Waals surface area contributed by atoms with Gasteiger partial charge in [-0.05, 0) is 37.1 Å². The molecule has 0 aliphatic carbocycles. The molecule has 3 nitrogen and oxygen atoms in total. The van der Waals surface area contributed by atoms with Gasteiger partial charge in [0.25, 0.3) is 0 Å². The van der Waals surface area contributed by atoms with Crippen molar-refractivity contribution >= 4 is 34.9 Å². The first-order valence-electron chi connectivity index (χ1n) is 6.67. The molecule has 0 radical (unpaired) electrons. The van der Waals surface area contributed by atoms with E-state index in [1.165, 1.54) is 5.69 Å². The van der Waals surface area contributed by atoms with Gasteiger partial charge in [0.2, 0.25) is 0 Å². The number of anilines is 1. The van der Waals surface area contributed by atoms with E-state index in [1.807, 2.05) is 17.5 Å². The molecule has 1 fully saturated rings. The van der Waals surface area contributed by atoms with E-state index in [9.17, 15) is 4.79 Å². The van der Waals surface area contributed by atoms with Gasteiger partial charge < -0.3 is 4.90 Å². The van der Waals surface area contributed by atoms with Crippen LogP contribution in [-0.2, 0) is 0 Å². The Labute approximate surface area is 127 Å². The molecule has 0 bridgehead atoms. The Hall–Kier alpha value is -1.39. The van der Waals surface area contributed by atoms with E-state index in [4.69, 9.17) is 11.6 Å². The second kappa shape index (κ2) is 5.94.